The van der Waals surface area contributed by atoms with E-state index in [4.69, 9.17) is 10.5 Å². The topological polar surface area (TPSA) is 60.2 Å². The molecule has 1 saturated carbocycles. The van der Waals surface area contributed by atoms with E-state index in [0.717, 1.165) is 5.82 Å². The van der Waals surface area contributed by atoms with Gasteiger partial charge in [0.2, 0.25) is 0 Å². The Morgan fingerprint density at radius 1 is 1.62 bits per heavy atom. The van der Waals surface area contributed by atoms with Crippen LogP contribution >= 0.6 is 0 Å². The van der Waals surface area contributed by atoms with Gasteiger partial charge in [-0.05, 0) is 12.8 Å². The number of hydrogen-bond donors (Lipinski definition) is 2. The Bertz CT molecular complexity index is 310. The van der Waals surface area contributed by atoms with E-state index in [1.165, 1.54) is 12.8 Å². The molecule has 1 heterocycles. The van der Waals surface area contributed by atoms with Crippen LogP contribution in [0.1, 0.15) is 12.8 Å². The van der Waals surface area contributed by atoms with Gasteiger partial charge in [-0.15, -0.1) is 0 Å². The molecule has 0 aromatic carbocycles. The third-order valence-corrected chi connectivity index (χ3v) is 2.09. The summed E-state index contributed by atoms with van der Waals surface area (Å²) in [5.74, 6) is 1.42. The molecule has 13 heavy (non-hydrogen) atoms. The average Bonchev–Trinajstić information content (AvgIpc) is 2.92. The normalized spacial score (nSPS) is 15.5. The molecule has 0 radical (unpaired) electrons. The van der Waals surface area contributed by atoms with Crippen molar-refractivity contribution >= 4 is 11.5 Å². The maximum Gasteiger partial charge on any atom is 0.153 e. The molecule has 1 aromatic rings. The van der Waals surface area contributed by atoms with E-state index in [9.17, 15) is 0 Å². The smallest absolute Gasteiger partial charge is 0.153 e. The molecule has 0 amide bonds. The van der Waals surface area contributed by atoms with Gasteiger partial charge in [0.25, 0.3) is 0 Å². The number of hydrogen-bond acceptors (Lipinski definition) is 4. The van der Waals surface area contributed by atoms with E-state index in [-0.39, 0.29) is 0 Å². The molecule has 3 N–H and O–H groups in total. The molecule has 0 bridgehead atoms. The minimum atomic E-state index is 0.557. The summed E-state index contributed by atoms with van der Waals surface area (Å²) in [7, 11) is 1.60. The van der Waals surface area contributed by atoms with Crippen LogP contribution in [0, 0.1) is 0 Å². The van der Waals surface area contributed by atoms with Crippen LogP contribution < -0.4 is 15.8 Å². The Balaban J connectivity index is 2.22. The van der Waals surface area contributed by atoms with Gasteiger partial charge in [-0.2, -0.15) is 0 Å². The van der Waals surface area contributed by atoms with Crippen LogP contribution in [0.15, 0.2) is 12.3 Å². The van der Waals surface area contributed by atoms with Gasteiger partial charge in [-0.3, -0.25) is 0 Å². The Kier molecular flexibility index (Phi) is 1.96. The van der Waals surface area contributed by atoms with Crippen molar-refractivity contribution in [2.24, 2.45) is 0 Å². The number of nitrogens with one attached hydrogen (secondary N) is 1. The molecule has 1 aliphatic carbocycles. The lowest BCUT2D eigenvalue weighted by atomic mass is 10.3. The second-order valence-corrected chi connectivity index (χ2v) is 3.19. The van der Waals surface area contributed by atoms with E-state index in [1.54, 1.807) is 19.4 Å². The fourth-order valence-electron chi connectivity index (χ4n) is 1.17. The zero-order valence-electron chi connectivity index (χ0n) is 7.58. The van der Waals surface area contributed by atoms with Crippen molar-refractivity contribution < 1.29 is 4.74 Å². The first-order valence-electron chi connectivity index (χ1n) is 4.36. The van der Waals surface area contributed by atoms with Crippen molar-refractivity contribution in [3.63, 3.8) is 0 Å². The van der Waals surface area contributed by atoms with Crippen molar-refractivity contribution in [2.45, 2.75) is 18.9 Å². The monoisotopic (exact) mass is 179 g/mol. The minimum absolute atomic E-state index is 0.557. The Morgan fingerprint density at radius 2 is 2.38 bits per heavy atom. The fraction of sp³-hybridized carbons (Fsp3) is 0.444. The van der Waals surface area contributed by atoms with Crippen LogP contribution in [-0.2, 0) is 0 Å². The van der Waals surface area contributed by atoms with Gasteiger partial charge in [0.05, 0.1) is 7.11 Å². The van der Waals surface area contributed by atoms with Gasteiger partial charge in [-0.25, -0.2) is 4.98 Å². The largest absolute Gasteiger partial charge is 0.494 e. The number of rotatable bonds is 3. The average molecular weight is 179 g/mol. The SMILES string of the molecule is COc1ccnc(NC2CC2)c1N. The van der Waals surface area contributed by atoms with Crippen molar-refractivity contribution in [2.75, 3.05) is 18.2 Å². The van der Waals surface area contributed by atoms with E-state index in [2.05, 4.69) is 10.3 Å². The van der Waals surface area contributed by atoms with Crippen LogP contribution in [0.4, 0.5) is 11.5 Å². The number of aromatic nitrogens is 1. The summed E-state index contributed by atoms with van der Waals surface area (Å²) in [5, 5.41) is 3.24. The summed E-state index contributed by atoms with van der Waals surface area (Å²) < 4.78 is 5.08. The van der Waals surface area contributed by atoms with Crippen LogP contribution in [0.5, 0.6) is 5.75 Å². The molecule has 1 fully saturated rings. The minimum Gasteiger partial charge on any atom is -0.494 e. The Morgan fingerprint density at radius 3 is 3.00 bits per heavy atom. The molecule has 4 heteroatoms. The van der Waals surface area contributed by atoms with Gasteiger partial charge in [0.1, 0.15) is 11.4 Å². The Hall–Kier alpha value is -1.45. The highest BCUT2D eigenvalue weighted by molar-refractivity contribution is 5.69. The lowest BCUT2D eigenvalue weighted by Gasteiger charge is -2.09. The Labute approximate surface area is 77.1 Å². The summed E-state index contributed by atoms with van der Waals surface area (Å²) in [6.07, 6.45) is 4.11. The standard InChI is InChI=1S/C9H13N3O/c1-13-7-4-5-11-9(8(7)10)12-6-2-3-6/h4-6H,2-3,10H2,1H3,(H,11,12). The van der Waals surface area contributed by atoms with E-state index >= 15 is 0 Å². The summed E-state index contributed by atoms with van der Waals surface area (Å²) in [4.78, 5) is 4.15. The molecular formula is C9H13N3O. The number of nitrogens with zero attached hydrogens (tertiary/aromatic N) is 1. The quantitative estimate of drug-likeness (QED) is 0.733. The maximum absolute atomic E-state index is 5.82. The highest BCUT2D eigenvalue weighted by atomic mass is 16.5. The van der Waals surface area contributed by atoms with Crippen molar-refractivity contribution in [1.82, 2.24) is 4.98 Å². The number of methoxy groups -OCH3 is 1. The van der Waals surface area contributed by atoms with Gasteiger partial charge < -0.3 is 15.8 Å². The lowest BCUT2D eigenvalue weighted by molar-refractivity contribution is 0.416. The zero-order valence-corrected chi connectivity index (χ0v) is 7.58. The molecule has 0 aliphatic heterocycles. The van der Waals surface area contributed by atoms with Gasteiger partial charge in [0.15, 0.2) is 5.82 Å². The van der Waals surface area contributed by atoms with Crippen molar-refractivity contribution in [3.05, 3.63) is 12.3 Å². The third kappa shape index (κ3) is 1.66. The summed E-state index contributed by atoms with van der Waals surface area (Å²) in [6.45, 7) is 0. The lowest BCUT2D eigenvalue weighted by Crippen LogP contribution is -2.06. The van der Waals surface area contributed by atoms with Crippen LogP contribution in [0.3, 0.4) is 0 Å². The first-order valence-corrected chi connectivity index (χ1v) is 4.36. The molecule has 0 spiro atoms. The summed E-state index contributed by atoms with van der Waals surface area (Å²) in [5.41, 5.74) is 6.41. The highest BCUT2D eigenvalue weighted by Crippen LogP contribution is 2.31. The number of nitrogen functional groups attached to an aromatic ring is 1. The van der Waals surface area contributed by atoms with Gasteiger partial charge >= 0.3 is 0 Å². The molecule has 1 aliphatic rings. The second-order valence-electron chi connectivity index (χ2n) is 3.19. The summed E-state index contributed by atoms with van der Waals surface area (Å²) in [6, 6.07) is 2.31. The summed E-state index contributed by atoms with van der Waals surface area (Å²) >= 11 is 0. The van der Waals surface area contributed by atoms with Crippen LogP contribution in [-0.4, -0.2) is 18.1 Å². The molecule has 0 atom stereocenters. The van der Waals surface area contributed by atoms with Crippen LogP contribution in [0.25, 0.3) is 0 Å². The molecule has 0 unspecified atom stereocenters. The molecular weight excluding hydrogens is 166 g/mol. The first-order chi connectivity index (χ1) is 6.31. The van der Waals surface area contributed by atoms with E-state index in [0.29, 0.717) is 17.5 Å². The molecule has 0 saturated heterocycles. The molecule has 70 valence electrons. The van der Waals surface area contributed by atoms with Crippen molar-refractivity contribution in [1.29, 1.82) is 0 Å². The fourth-order valence-corrected chi connectivity index (χ4v) is 1.17. The zero-order chi connectivity index (χ0) is 9.26. The number of ether oxygens (including phenoxy) is 1. The van der Waals surface area contributed by atoms with Gasteiger partial charge in [0, 0.05) is 18.3 Å². The third-order valence-electron chi connectivity index (χ3n) is 2.09. The number of anilines is 2. The maximum atomic E-state index is 5.82. The van der Waals surface area contributed by atoms with Gasteiger partial charge in [-0.1, -0.05) is 0 Å². The van der Waals surface area contributed by atoms with Crippen LogP contribution in [0.2, 0.25) is 0 Å². The predicted octanol–water partition coefficient (Wildman–Crippen LogP) is 1.25. The number of nitrogens with two attached hydrogens (primary N) is 1. The van der Waals surface area contributed by atoms with E-state index < -0.39 is 0 Å². The molecule has 2 rings (SSSR count). The predicted molar refractivity (Wildman–Crippen MR) is 51.8 cm³/mol. The number of pyridine rings is 1. The second kappa shape index (κ2) is 3.12. The molecule has 4 nitrogen and oxygen atoms in total. The van der Waals surface area contributed by atoms with E-state index in [1.807, 2.05) is 0 Å². The first kappa shape index (κ1) is 8.16. The van der Waals surface area contributed by atoms with Crippen molar-refractivity contribution in [3.8, 4) is 5.75 Å². The molecule has 1 aromatic heterocycles. The highest BCUT2D eigenvalue weighted by Gasteiger charge is 2.22.